The number of para-hydroxylation sites is 1. The molecule has 3 amide bonds. The minimum Gasteiger partial charge on any atom is -0.379 e. The summed E-state index contributed by atoms with van der Waals surface area (Å²) in [5.41, 5.74) is 4.57. The second-order valence-corrected chi connectivity index (χ2v) is 9.52. The van der Waals surface area contributed by atoms with Crippen LogP contribution < -0.4 is 5.32 Å². The quantitative estimate of drug-likeness (QED) is 0.339. The van der Waals surface area contributed by atoms with Crippen molar-refractivity contribution >= 4 is 45.9 Å². The molecule has 3 aromatic heterocycles. The fourth-order valence-electron chi connectivity index (χ4n) is 5.87. The van der Waals surface area contributed by atoms with E-state index >= 15 is 0 Å². The summed E-state index contributed by atoms with van der Waals surface area (Å²) in [4.78, 5) is 47.0. The first-order chi connectivity index (χ1) is 18.1. The molecule has 1 aromatic carbocycles. The number of fused-ring (bicyclic) bond motifs is 1. The molecule has 6 heterocycles. The molecule has 1 unspecified atom stereocenters. The van der Waals surface area contributed by atoms with E-state index in [9.17, 15) is 14.4 Å². The third kappa shape index (κ3) is 3.33. The zero-order valence-electron chi connectivity index (χ0n) is 20.0. The number of ether oxygens (including phenoxy) is 1. The molecule has 1 atom stereocenters. The van der Waals surface area contributed by atoms with Crippen molar-refractivity contribution in [3.8, 4) is 0 Å². The zero-order chi connectivity index (χ0) is 25.1. The topological polar surface area (TPSA) is 101 Å². The second-order valence-electron chi connectivity index (χ2n) is 9.52. The van der Waals surface area contributed by atoms with Crippen LogP contribution in [0.15, 0.2) is 55.0 Å². The molecule has 7 rings (SSSR count). The molecule has 37 heavy (non-hydrogen) atoms. The average Bonchev–Trinajstić information content (AvgIpc) is 3.55. The molecule has 3 aliphatic rings. The van der Waals surface area contributed by atoms with Gasteiger partial charge in [-0.3, -0.25) is 29.0 Å². The number of amides is 3. The number of morpholine rings is 1. The van der Waals surface area contributed by atoms with Gasteiger partial charge in [0.25, 0.3) is 11.8 Å². The van der Waals surface area contributed by atoms with Crippen LogP contribution in [0.2, 0.25) is 0 Å². The standard InChI is InChI=1S/C27H24N6O4/c34-16-32-13-17-4-3-5-18-19(14-31(25(17)18)15-22(32)30-8-10-37-11-9-30)23-24(27(36)29-26(23)35)20-12-28-21-6-1-2-7-33(20)21/h1-7,12,14,16,22H,8-11,13,15H2,(H,29,35,36). The SMILES string of the molecule is O=CN1Cc2cccc3c(C4=C(c5cnc6ccccn56)C(=O)NC4=O)cn(c23)CC1N1CCOCC1. The lowest BCUT2D eigenvalue weighted by Crippen LogP contribution is -2.53. The van der Waals surface area contributed by atoms with Crippen molar-refractivity contribution in [2.45, 2.75) is 19.3 Å². The summed E-state index contributed by atoms with van der Waals surface area (Å²) in [5, 5.41) is 3.37. The van der Waals surface area contributed by atoms with Gasteiger partial charge in [0.2, 0.25) is 6.41 Å². The van der Waals surface area contributed by atoms with E-state index in [1.54, 1.807) is 6.20 Å². The molecular formula is C27H24N6O4. The van der Waals surface area contributed by atoms with Crippen molar-refractivity contribution in [1.29, 1.82) is 0 Å². The maximum atomic E-state index is 13.2. The van der Waals surface area contributed by atoms with E-state index in [0.717, 1.165) is 36.0 Å². The van der Waals surface area contributed by atoms with Crippen LogP contribution in [0.1, 0.15) is 16.8 Å². The minimum atomic E-state index is -0.437. The first-order valence-corrected chi connectivity index (χ1v) is 12.3. The highest BCUT2D eigenvalue weighted by Gasteiger charge is 2.37. The molecule has 4 aromatic rings. The molecule has 1 saturated heterocycles. The molecule has 1 fully saturated rings. The smallest absolute Gasteiger partial charge is 0.261 e. The highest BCUT2D eigenvalue weighted by atomic mass is 16.5. The number of hydrogen-bond acceptors (Lipinski definition) is 6. The molecule has 186 valence electrons. The molecular weight excluding hydrogens is 472 g/mol. The fourth-order valence-corrected chi connectivity index (χ4v) is 5.87. The maximum absolute atomic E-state index is 13.2. The van der Waals surface area contributed by atoms with Crippen LogP contribution in [-0.4, -0.2) is 74.4 Å². The van der Waals surface area contributed by atoms with Crippen molar-refractivity contribution in [1.82, 2.24) is 29.1 Å². The van der Waals surface area contributed by atoms with E-state index in [0.29, 0.717) is 54.4 Å². The molecule has 0 spiro atoms. The van der Waals surface area contributed by atoms with E-state index in [1.807, 2.05) is 58.1 Å². The second kappa shape index (κ2) is 8.39. The predicted octanol–water partition coefficient (Wildman–Crippen LogP) is 1.49. The third-order valence-corrected chi connectivity index (χ3v) is 7.55. The summed E-state index contributed by atoms with van der Waals surface area (Å²) in [7, 11) is 0. The highest BCUT2D eigenvalue weighted by molar-refractivity contribution is 6.49. The number of pyridine rings is 1. The van der Waals surface area contributed by atoms with E-state index in [4.69, 9.17) is 4.74 Å². The number of benzene rings is 1. The first-order valence-electron chi connectivity index (χ1n) is 12.3. The Morgan fingerprint density at radius 1 is 1.03 bits per heavy atom. The summed E-state index contributed by atoms with van der Waals surface area (Å²) in [6.45, 7) is 3.73. The number of imide groups is 1. The van der Waals surface area contributed by atoms with Gasteiger partial charge in [0.05, 0.1) is 48.3 Å². The first kappa shape index (κ1) is 22.0. The van der Waals surface area contributed by atoms with Gasteiger partial charge in [-0.2, -0.15) is 0 Å². The largest absolute Gasteiger partial charge is 0.379 e. The number of nitrogens with zero attached hydrogens (tertiary/aromatic N) is 5. The van der Waals surface area contributed by atoms with Crippen LogP contribution in [0.3, 0.4) is 0 Å². The fraction of sp³-hybridized carbons (Fsp3) is 0.259. The Morgan fingerprint density at radius 3 is 2.70 bits per heavy atom. The summed E-state index contributed by atoms with van der Waals surface area (Å²) in [6, 6.07) is 11.5. The Hall–Kier alpha value is -4.28. The van der Waals surface area contributed by atoms with Gasteiger partial charge in [0.1, 0.15) is 11.8 Å². The van der Waals surface area contributed by atoms with Gasteiger partial charge in [0, 0.05) is 43.0 Å². The Labute approximate surface area is 211 Å². The lowest BCUT2D eigenvalue weighted by atomic mass is 9.98. The van der Waals surface area contributed by atoms with Gasteiger partial charge < -0.3 is 14.2 Å². The zero-order valence-corrected chi connectivity index (χ0v) is 20.0. The lowest BCUT2D eigenvalue weighted by Gasteiger charge is -2.38. The van der Waals surface area contributed by atoms with Gasteiger partial charge in [-0.1, -0.05) is 24.3 Å². The Morgan fingerprint density at radius 2 is 1.86 bits per heavy atom. The number of rotatable bonds is 4. The Kier molecular flexibility index (Phi) is 4.98. The highest BCUT2D eigenvalue weighted by Crippen LogP contribution is 2.38. The predicted molar refractivity (Wildman–Crippen MR) is 135 cm³/mol. The van der Waals surface area contributed by atoms with Crippen LogP contribution in [0, 0.1) is 0 Å². The van der Waals surface area contributed by atoms with Crippen LogP contribution in [0.5, 0.6) is 0 Å². The average molecular weight is 497 g/mol. The summed E-state index contributed by atoms with van der Waals surface area (Å²) < 4.78 is 9.48. The van der Waals surface area contributed by atoms with Gasteiger partial charge in [-0.15, -0.1) is 0 Å². The van der Waals surface area contributed by atoms with Crippen molar-refractivity contribution < 1.29 is 19.1 Å². The van der Waals surface area contributed by atoms with E-state index < -0.39 is 11.8 Å². The molecule has 10 nitrogen and oxygen atoms in total. The van der Waals surface area contributed by atoms with Crippen molar-refractivity contribution in [2.24, 2.45) is 0 Å². The molecule has 0 saturated carbocycles. The number of carbonyl (C=O) groups excluding carboxylic acids is 3. The Bertz CT molecular complexity index is 1630. The van der Waals surface area contributed by atoms with Crippen LogP contribution in [-0.2, 0) is 32.2 Å². The van der Waals surface area contributed by atoms with Gasteiger partial charge in [-0.05, 0) is 17.7 Å². The lowest BCUT2D eigenvalue weighted by molar-refractivity contribution is -0.128. The minimum absolute atomic E-state index is 0.150. The number of carbonyl (C=O) groups is 3. The van der Waals surface area contributed by atoms with E-state index in [1.165, 1.54) is 0 Å². The van der Waals surface area contributed by atoms with Crippen LogP contribution in [0.4, 0.5) is 0 Å². The third-order valence-electron chi connectivity index (χ3n) is 7.55. The van der Waals surface area contributed by atoms with Gasteiger partial charge in [0.15, 0.2) is 0 Å². The number of hydrogen-bond donors (Lipinski definition) is 1. The summed E-state index contributed by atoms with van der Waals surface area (Å²) in [6.07, 6.45) is 6.18. The molecule has 1 N–H and O–H groups in total. The molecule has 0 radical (unpaired) electrons. The Balaban J connectivity index is 1.43. The summed E-state index contributed by atoms with van der Waals surface area (Å²) >= 11 is 0. The van der Waals surface area contributed by atoms with E-state index in [2.05, 4.69) is 19.8 Å². The van der Waals surface area contributed by atoms with Crippen molar-refractivity contribution in [3.05, 3.63) is 71.8 Å². The maximum Gasteiger partial charge on any atom is 0.261 e. The van der Waals surface area contributed by atoms with E-state index in [-0.39, 0.29) is 6.17 Å². The number of imidazole rings is 1. The van der Waals surface area contributed by atoms with Gasteiger partial charge >= 0.3 is 0 Å². The number of nitrogens with one attached hydrogen (secondary N) is 1. The normalized spacial score (nSPS) is 20.6. The van der Waals surface area contributed by atoms with Crippen LogP contribution >= 0.6 is 0 Å². The van der Waals surface area contributed by atoms with Gasteiger partial charge in [-0.25, -0.2) is 4.98 Å². The molecule has 10 heteroatoms. The molecule has 0 bridgehead atoms. The van der Waals surface area contributed by atoms with Crippen LogP contribution in [0.25, 0.3) is 27.7 Å². The summed E-state index contributed by atoms with van der Waals surface area (Å²) in [5.74, 6) is -0.861. The van der Waals surface area contributed by atoms with Crippen molar-refractivity contribution in [2.75, 3.05) is 26.3 Å². The van der Waals surface area contributed by atoms with Crippen molar-refractivity contribution in [3.63, 3.8) is 0 Å². The number of aromatic nitrogens is 3. The monoisotopic (exact) mass is 496 g/mol. The molecule has 3 aliphatic heterocycles. The molecule has 0 aliphatic carbocycles.